The summed E-state index contributed by atoms with van der Waals surface area (Å²) in [4.78, 5) is 14.4. The molecule has 2 heteroatoms. The number of Topliss-reactive ketones (excluding diaryl/α,β-unsaturated/α-hetero) is 1. The van der Waals surface area contributed by atoms with Gasteiger partial charge in [0, 0.05) is 18.9 Å². The van der Waals surface area contributed by atoms with E-state index in [0.29, 0.717) is 11.2 Å². The smallest absolute Gasteiger partial charge is 0.137 e. The first-order valence-electron chi connectivity index (χ1n) is 7.23. The van der Waals surface area contributed by atoms with Crippen molar-refractivity contribution in [2.75, 3.05) is 19.6 Å². The average Bonchev–Trinajstić information content (AvgIpc) is 2.28. The Hall–Kier alpha value is -0.370. The van der Waals surface area contributed by atoms with Crippen molar-refractivity contribution in [2.24, 2.45) is 11.3 Å². The summed E-state index contributed by atoms with van der Waals surface area (Å²) in [6, 6.07) is 0. The molecule has 1 aliphatic carbocycles. The van der Waals surface area contributed by atoms with Crippen molar-refractivity contribution in [1.82, 2.24) is 4.90 Å². The summed E-state index contributed by atoms with van der Waals surface area (Å²) in [7, 11) is 0. The quantitative estimate of drug-likeness (QED) is 0.707. The molecule has 0 aromatic carbocycles. The van der Waals surface area contributed by atoms with E-state index in [9.17, 15) is 4.79 Å². The lowest BCUT2D eigenvalue weighted by Gasteiger charge is -2.36. The number of carbonyl (C=O) groups excluding carboxylic acids is 1. The van der Waals surface area contributed by atoms with E-state index >= 15 is 0 Å². The zero-order valence-corrected chi connectivity index (χ0v) is 12.1. The van der Waals surface area contributed by atoms with Gasteiger partial charge < -0.3 is 4.90 Å². The highest BCUT2D eigenvalue weighted by Crippen LogP contribution is 2.37. The lowest BCUT2D eigenvalue weighted by Crippen LogP contribution is -2.39. The Kier molecular flexibility index (Phi) is 5.64. The Balaban J connectivity index is 2.49. The van der Waals surface area contributed by atoms with Crippen molar-refractivity contribution < 1.29 is 4.79 Å². The van der Waals surface area contributed by atoms with Gasteiger partial charge in [0.2, 0.25) is 0 Å². The molecule has 0 aromatic rings. The van der Waals surface area contributed by atoms with Crippen LogP contribution in [0.15, 0.2) is 0 Å². The highest BCUT2D eigenvalue weighted by atomic mass is 16.1. The van der Waals surface area contributed by atoms with E-state index in [0.717, 1.165) is 38.9 Å². The molecule has 1 fully saturated rings. The number of nitrogens with zero attached hydrogens (tertiary/aromatic N) is 1. The van der Waals surface area contributed by atoms with Crippen molar-refractivity contribution in [3.05, 3.63) is 0 Å². The van der Waals surface area contributed by atoms with Gasteiger partial charge in [-0.3, -0.25) is 4.79 Å². The van der Waals surface area contributed by atoms with Crippen LogP contribution in [0.1, 0.15) is 59.8 Å². The van der Waals surface area contributed by atoms with E-state index in [2.05, 4.69) is 32.6 Å². The van der Waals surface area contributed by atoms with Gasteiger partial charge >= 0.3 is 0 Å². The van der Waals surface area contributed by atoms with Crippen LogP contribution in [0, 0.1) is 11.3 Å². The van der Waals surface area contributed by atoms with Gasteiger partial charge in [0.05, 0.1) is 0 Å². The third-order valence-electron chi connectivity index (χ3n) is 4.06. The van der Waals surface area contributed by atoms with Crippen LogP contribution in [-0.2, 0) is 4.79 Å². The fourth-order valence-electron chi connectivity index (χ4n) is 2.79. The Labute approximate surface area is 107 Å². The Morgan fingerprint density at radius 2 is 2.06 bits per heavy atom. The molecule has 0 amide bonds. The molecule has 1 aliphatic rings. The molecule has 17 heavy (non-hydrogen) atoms. The normalized spacial score (nSPS) is 24.3. The van der Waals surface area contributed by atoms with Crippen molar-refractivity contribution in [3.8, 4) is 0 Å². The number of rotatable bonds is 6. The summed E-state index contributed by atoms with van der Waals surface area (Å²) >= 11 is 0. The molecule has 0 saturated heterocycles. The van der Waals surface area contributed by atoms with Crippen LogP contribution < -0.4 is 0 Å². The number of hydrogen-bond acceptors (Lipinski definition) is 2. The zero-order valence-electron chi connectivity index (χ0n) is 12.1. The summed E-state index contributed by atoms with van der Waals surface area (Å²) in [6.07, 6.45) is 5.43. The lowest BCUT2D eigenvalue weighted by molar-refractivity contribution is -0.127. The number of ketones is 1. The van der Waals surface area contributed by atoms with Gasteiger partial charge in [-0.1, -0.05) is 34.1 Å². The van der Waals surface area contributed by atoms with Gasteiger partial charge in [-0.2, -0.15) is 0 Å². The average molecular weight is 239 g/mol. The fourth-order valence-corrected chi connectivity index (χ4v) is 2.79. The molecule has 100 valence electrons. The summed E-state index contributed by atoms with van der Waals surface area (Å²) in [6.45, 7) is 12.2. The Morgan fingerprint density at radius 3 is 2.65 bits per heavy atom. The summed E-state index contributed by atoms with van der Waals surface area (Å²) in [5.74, 6) is 0.787. The first-order valence-corrected chi connectivity index (χ1v) is 7.23. The molecule has 0 spiro atoms. The van der Waals surface area contributed by atoms with Gasteiger partial charge in [0.25, 0.3) is 0 Å². The zero-order chi connectivity index (χ0) is 12.9. The third-order valence-corrected chi connectivity index (χ3v) is 4.06. The minimum absolute atomic E-state index is 0.288. The molecule has 0 heterocycles. The van der Waals surface area contributed by atoms with Crippen molar-refractivity contribution in [1.29, 1.82) is 0 Å². The second-order valence-electron chi connectivity index (χ2n) is 6.28. The van der Waals surface area contributed by atoms with E-state index in [1.165, 1.54) is 12.8 Å². The summed E-state index contributed by atoms with van der Waals surface area (Å²) in [5.41, 5.74) is 0.364. The van der Waals surface area contributed by atoms with Crippen molar-refractivity contribution in [2.45, 2.75) is 59.8 Å². The molecular weight excluding hydrogens is 210 g/mol. The minimum Gasteiger partial charge on any atom is -0.303 e. The minimum atomic E-state index is 0.288. The van der Waals surface area contributed by atoms with Crippen LogP contribution in [0.25, 0.3) is 0 Å². The van der Waals surface area contributed by atoms with E-state index in [-0.39, 0.29) is 5.92 Å². The highest BCUT2D eigenvalue weighted by molar-refractivity contribution is 5.82. The molecule has 1 atom stereocenters. The highest BCUT2D eigenvalue weighted by Gasteiger charge is 2.34. The lowest BCUT2D eigenvalue weighted by atomic mass is 9.71. The summed E-state index contributed by atoms with van der Waals surface area (Å²) < 4.78 is 0. The Morgan fingerprint density at radius 1 is 1.35 bits per heavy atom. The molecule has 1 unspecified atom stereocenters. The van der Waals surface area contributed by atoms with E-state index in [4.69, 9.17) is 0 Å². The second-order valence-corrected chi connectivity index (χ2v) is 6.28. The van der Waals surface area contributed by atoms with Crippen molar-refractivity contribution in [3.63, 3.8) is 0 Å². The molecule has 2 nitrogen and oxygen atoms in total. The predicted molar refractivity (Wildman–Crippen MR) is 73.2 cm³/mol. The van der Waals surface area contributed by atoms with Crippen LogP contribution in [0.5, 0.6) is 0 Å². The maximum absolute atomic E-state index is 12.0. The SMILES string of the molecule is CCCCN(CC)CC1CC(C)(C)CCC1=O. The van der Waals surface area contributed by atoms with E-state index in [1.54, 1.807) is 0 Å². The third kappa shape index (κ3) is 4.79. The first kappa shape index (κ1) is 14.7. The van der Waals surface area contributed by atoms with E-state index < -0.39 is 0 Å². The van der Waals surface area contributed by atoms with Gasteiger partial charge in [-0.15, -0.1) is 0 Å². The largest absolute Gasteiger partial charge is 0.303 e. The topological polar surface area (TPSA) is 20.3 Å². The fraction of sp³-hybridized carbons (Fsp3) is 0.933. The molecule has 0 bridgehead atoms. The molecular formula is C15H29NO. The van der Waals surface area contributed by atoms with Crippen LogP contribution in [-0.4, -0.2) is 30.3 Å². The van der Waals surface area contributed by atoms with Gasteiger partial charge in [-0.05, 0) is 37.8 Å². The second kappa shape index (κ2) is 6.53. The standard InChI is InChI=1S/C15H29NO/c1-5-7-10-16(6-2)12-13-11-15(3,4)9-8-14(13)17/h13H,5-12H2,1-4H3. The number of carbonyl (C=O) groups is 1. The van der Waals surface area contributed by atoms with Crippen LogP contribution >= 0.6 is 0 Å². The maximum Gasteiger partial charge on any atom is 0.137 e. The van der Waals surface area contributed by atoms with Crippen LogP contribution in [0.4, 0.5) is 0 Å². The first-order chi connectivity index (χ1) is 7.98. The number of hydrogen-bond donors (Lipinski definition) is 0. The molecule has 0 N–H and O–H groups in total. The molecule has 1 rings (SSSR count). The summed E-state index contributed by atoms with van der Waals surface area (Å²) in [5, 5.41) is 0. The molecule has 0 aliphatic heterocycles. The molecule has 1 saturated carbocycles. The van der Waals surface area contributed by atoms with Gasteiger partial charge in [0.15, 0.2) is 0 Å². The molecule has 0 radical (unpaired) electrons. The molecule has 0 aromatic heterocycles. The van der Waals surface area contributed by atoms with Crippen molar-refractivity contribution >= 4 is 5.78 Å². The van der Waals surface area contributed by atoms with Crippen LogP contribution in [0.3, 0.4) is 0 Å². The number of unbranched alkanes of at least 4 members (excludes halogenated alkanes) is 1. The van der Waals surface area contributed by atoms with Gasteiger partial charge in [0.1, 0.15) is 5.78 Å². The Bertz CT molecular complexity index is 247. The van der Waals surface area contributed by atoms with E-state index in [1.807, 2.05) is 0 Å². The monoisotopic (exact) mass is 239 g/mol. The predicted octanol–water partition coefficient (Wildman–Crippen LogP) is 3.50. The van der Waals surface area contributed by atoms with Crippen LogP contribution in [0.2, 0.25) is 0 Å². The van der Waals surface area contributed by atoms with Gasteiger partial charge in [-0.25, -0.2) is 0 Å². The maximum atomic E-state index is 12.0.